The lowest BCUT2D eigenvalue weighted by Gasteiger charge is -2.25. The topological polar surface area (TPSA) is 131 Å². The third-order valence-electron chi connectivity index (χ3n) is 8.27. The average molecular weight is 746 g/mol. The first-order valence-electron chi connectivity index (χ1n) is 16.3. The zero-order valence-corrected chi connectivity index (χ0v) is 30.3. The quantitative estimate of drug-likeness (QED) is 0.0980. The van der Waals surface area contributed by atoms with E-state index < -0.39 is 17.1 Å². The van der Waals surface area contributed by atoms with Crippen molar-refractivity contribution in [1.82, 2.24) is 10.2 Å². The van der Waals surface area contributed by atoms with E-state index >= 15 is 0 Å². The van der Waals surface area contributed by atoms with Gasteiger partial charge in [0, 0.05) is 39.5 Å². The van der Waals surface area contributed by atoms with Gasteiger partial charge in [0.25, 0.3) is 11.8 Å². The van der Waals surface area contributed by atoms with Crippen LogP contribution < -0.4 is 16.0 Å². The van der Waals surface area contributed by atoms with Crippen molar-refractivity contribution in [1.29, 1.82) is 5.26 Å². The summed E-state index contributed by atoms with van der Waals surface area (Å²) in [6.45, 7) is 2.45. The first-order valence-corrected chi connectivity index (χ1v) is 18.3. The van der Waals surface area contributed by atoms with E-state index in [1.807, 2.05) is 36.4 Å². The molecule has 2 heterocycles. The van der Waals surface area contributed by atoms with Crippen molar-refractivity contribution < 1.29 is 19.2 Å². The van der Waals surface area contributed by atoms with Gasteiger partial charge in [0.15, 0.2) is 0 Å². The molecule has 1 aliphatic rings. The van der Waals surface area contributed by atoms with Gasteiger partial charge in [-0.25, -0.2) is 0 Å². The highest BCUT2D eigenvalue weighted by Gasteiger charge is 2.29. The van der Waals surface area contributed by atoms with Crippen molar-refractivity contribution >= 4 is 75.1 Å². The molecule has 1 atom stereocenters. The number of hydrogen-bond donors (Lipinski definition) is 3. The van der Waals surface area contributed by atoms with Crippen LogP contribution in [-0.2, 0) is 27.3 Å². The molecule has 0 bridgehead atoms. The van der Waals surface area contributed by atoms with E-state index in [4.69, 9.17) is 11.6 Å². The molecule has 6 rings (SSSR count). The Balaban J connectivity index is 1.24. The maximum atomic E-state index is 14.0. The number of carbonyl (C=O) groups is 4. The molecule has 260 valence electrons. The molecule has 1 unspecified atom stereocenters. The Morgan fingerprint density at radius 3 is 2.35 bits per heavy atom. The lowest BCUT2D eigenvalue weighted by molar-refractivity contribution is -0.129. The van der Waals surface area contributed by atoms with Gasteiger partial charge in [0.05, 0.1) is 12.1 Å². The lowest BCUT2D eigenvalue weighted by atomic mass is 10.0. The zero-order valence-electron chi connectivity index (χ0n) is 27.9. The molecule has 9 nitrogen and oxygen atoms in total. The molecule has 1 aliphatic heterocycles. The van der Waals surface area contributed by atoms with Crippen molar-refractivity contribution in [2.45, 2.75) is 30.0 Å². The summed E-state index contributed by atoms with van der Waals surface area (Å²) >= 11 is 9.00. The van der Waals surface area contributed by atoms with Gasteiger partial charge in [0.1, 0.15) is 22.0 Å². The summed E-state index contributed by atoms with van der Waals surface area (Å²) in [6, 6.07) is 34.2. The molecule has 0 aliphatic carbocycles. The van der Waals surface area contributed by atoms with Crippen LogP contribution in [0.15, 0.2) is 120 Å². The summed E-state index contributed by atoms with van der Waals surface area (Å²) in [6.07, 6.45) is 2.06. The van der Waals surface area contributed by atoms with Crippen LogP contribution in [0.25, 0.3) is 6.08 Å². The van der Waals surface area contributed by atoms with Gasteiger partial charge < -0.3 is 20.9 Å². The average Bonchev–Trinajstić information content (AvgIpc) is 3.51. The number of thiophene rings is 1. The number of hydrogen-bond acceptors (Lipinski definition) is 7. The van der Waals surface area contributed by atoms with Crippen LogP contribution in [0.2, 0.25) is 5.02 Å². The van der Waals surface area contributed by atoms with Crippen LogP contribution in [0, 0.1) is 11.3 Å². The third kappa shape index (κ3) is 8.61. The predicted octanol–water partition coefficient (Wildman–Crippen LogP) is 8.06. The molecule has 3 N–H and O–H groups in total. The lowest BCUT2D eigenvalue weighted by Crippen LogP contribution is -2.33. The van der Waals surface area contributed by atoms with E-state index in [0.29, 0.717) is 56.8 Å². The summed E-state index contributed by atoms with van der Waals surface area (Å²) in [5, 5.41) is 18.8. The summed E-state index contributed by atoms with van der Waals surface area (Å²) in [5.41, 5.74) is 3.40. The highest BCUT2D eigenvalue weighted by molar-refractivity contribution is 8.00. The Hall–Kier alpha value is -5.67. The van der Waals surface area contributed by atoms with Gasteiger partial charge in [-0.3, -0.25) is 19.2 Å². The molecule has 0 saturated heterocycles. The van der Waals surface area contributed by atoms with Crippen LogP contribution in [0.1, 0.15) is 49.7 Å². The largest absolute Gasteiger partial charge is 0.337 e. The second kappa shape index (κ2) is 16.6. The van der Waals surface area contributed by atoms with Gasteiger partial charge in [-0.2, -0.15) is 5.26 Å². The molecule has 0 fully saturated rings. The third-order valence-corrected chi connectivity index (χ3v) is 11.0. The monoisotopic (exact) mass is 745 g/mol. The van der Waals surface area contributed by atoms with Crippen LogP contribution in [0.5, 0.6) is 0 Å². The van der Waals surface area contributed by atoms with E-state index in [1.54, 1.807) is 77.7 Å². The van der Waals surface area contributed by atoms with Gasteiger partial charge in [0.2, 0.25) is 11.8 Å². The fraction of sp³-hybridized carbons (Fsp3) is 0.125. The van der Waals surface area contributed by atoms with Crippen LogP contribution in [0.4, 0.5) is 10.7 Å². The molecule has 0 spiro atoms. The minimum atomic E-state index is -0.715. The number of anilines is 2. The number of carbonyl (C=O) groups excluding carboxylic acids is 4. The van der Waals surface area contributed by atoms with E-state index in [0.717, 1.165) is 16.0 Å². The first kappa shape index (κ1) is 36.1. The minimum Gasteiger partial charge on any atom is -0.337 e. The van der Waals surface area contributed by atoms with Gasteiger partial charge >= 0.3 is 0 Å². The number of nitriles is 1. The smallest absolute Gasteiger partial charge is 0.272 e. The number of halogens is 1. The predicted molar refractivity (Wildman–Crippen MR) is 206 cm³/mol. The molecular formula is C40H32ClN5O4S2. The van der Waals surface area contributed by atoms with Gasteiger partial charge in [-0.05, 0) is 65.6 Å². The maximum absolute atomic E-state index is 14.0. The highest BCUT2D eigenvalue weighted by Crippen LogP contribution is 2.40. The fourth-order valence-electron chi connectivity index (χ4n) is 5.63. The Morgan fingerprint density at radius 2 is 1.63 bits per heavy atom. The molecule has 0 radical (unpaired) electrons. The van der Waals surface area contributed by atoms with E-state index in [9.17, 15) is 24.4 Å². The van der Waals surface area contributed by atoms with Crippen LogP contribution in [-0.4, -0.2) is 35.1 Å². The van der Waals surface area contributed by atoms with E-state index in [-0.39, 0.29) is 17.5 Å². The molecule has 0 saturated carbocycles. The van der Waals surface area contributed by atoms with Crippen LogP contribution in [0.3, 0.4) is 0 Å². The van der Waals surface area contributed by atoms with Crippen LogP contribution >= 0.6 is 34.7 Å². The minimum absolute atomic E-state index is 0.0140. The van der Waals surface area contributed by atoms with Gasteiger partial charge in [-0.1, -0.05) is 84.4 Å². The zero-order chi connectivity index (χ0) is 36.6. The van der Waals surface area contributed by atoms with Gasteiger partial charge in [-0.15, -0.1) is 23.1 Å². The Kier molecular flexibility index (Phi) is 11.5. The Morgan fingerprint density at radius 1 is 0.923 bits per heavy atom. The molecule has 12 heteroatoms. The number of fused-ring (bicyclic) bond motifs is 1. The Bertz CT molecular complexity index is 2220. The summed E-state index contributed by atoms with van der Waals surface area (Å²) < 4.78 is 0. The second-order valence-corrected chi connectivity index (χ2v) is 14.5. The number of amides is 4. The highest BCUT2D eigenvalue weighted by atomic mass is 35.5. The molecule has 5 aromatic rings. The van der Waals surface area contributed by atoms with Crippen molar-refractivity contribution in [3.05, 3.63) is 153 Å². The SMILES string of the molecule is CC(=O)N1CCc2c(sc(NC(=O)C(Sc3cccc(NC(=O)/C(=C\c4ccccc4Cl)NC(=O)c4ccccc4)c3)c3ccccc3)c2C#N)C1. The Labute approximate surface area is 314 Å². The number of thioether (sulfide) groups is 1. The van der Waals surface area contributed by atoms with Crippen molar-refractivity contribution in [2.24, 2.45) is 0 Å². The summed E-state index contributed by atoms with van der Waals surface area (Å²) in [4.78, 5) is 56.1. The maximum Gasteiger partial charge on any atom is 0.272 e. The number of nitrogens with zero attached hydrogens (tertiary/aromatic N) is 2. The summed E-state index contributed by atoms with van der Waals surface area (Å²) in [7, 11) is 0. The molecule has 4 aromatic carbocycles. The number of nitrogens with one attached hydrogen (secondary N) is 3. The normalized spacial score (nSPS) is 12.9. The standard InChI is InChI=1S/C40H32ClN5O4S2/c1-25(47)46-20-19-31-32(23-42)40(52-35(31)24-46)45-39(50)36(26-11-4-2-5-12-26)51-30-17-10-16-29(22-30)43-38(49)34(21-28-15-8-9-18-33(28)41)44-37(48)27-13-6-3-7-14-27/h2-18,21-22,36H,19-20,24H2,1H3,(H,43,49)(H,44,48)(H,45,50)/b34-21+. The number of benzene rings is 4. The fourth-order valence-corrected chi connectivity index (χ4v) is 8.12. The first-order chi connectivity index (χ1) is 25.2. The van der Waals surface area contributed by atoms with Crippen molar-refractivity contribution in [2.75, 3.05) is 17.2 Å². The van der Waals surface area contributed by atoms with E-state index in [2.05, 4.69) is 22.0 Å². The molecule has 4 amide bonds. The second-order valence-electron chi connectivity index (χ2n) is 11.8. The van der Waals surface area contributed by atoms with Crippen molar-refractivity contribution in [3.63, 3.8) is 0 Å². The molecule has 1 aromatic heterocycles. The molecular weight excluding hydrogens is 714 g/mol. The molecule has 52 heavy (non-hydrogen) atoms. The summed E-state index contributed by atoms with van der Waals surface area (Å²) in [5.74, 6) is -1.39. The number of rotatable bonds is 10. The van der Waals surface area contributed by atoms with Crippen molar-refractivity contribution in [3.8, 4) is 6.07 Å². The van der Waals surface area contributed by atoms with E-state index in [1.165, 1.54) is 36.1 Å².